The van der Waals surface area contributed by atoms with Gasteiger partial charge in [-0.3, -0.25) is 14.9 Å². The van der Waals surface area contributed by atoms with E-state index in [-0.39, 0.29) is 22.2 Å². The summed E-state index contributed by atoms with van der Waals surface area (Å²) in [6.07, 6.45) is 0. The minimum absolute atomic E-state index is 0.0380. The van der Waals surface area contributed by atoms with Crippen molar-refractivity contribution < 1.29 is 19.2 Å². The first kappa shape index (κ1) is 17.1. The topological polar surface area (TPSA) is 98.5 Å². The van der Waals surface area contributed by atoms with E-state index in [1.807, 2.05) is 0 Å². The summed E-state index contributed by atoms with van der Waals surface area (Å²) in [5.41, 5.74) is 0.308. The maximum absolute atomic E-state index is 12.3. The van der Waals surface area contributed by atoms with E-state index in [0.717, 1.165) is 6.07 Å². The van der Waals surface area contributed by atoms with E-state index >= 15 is 0 Å². The summed E-state index contributed by atoms with van der Waals surface area (Å²) in [5, 5.41) is 13.3. The highest BCUT2D eigenvalue weighted by molar-refractivity contribution is 9.10. The van der Waals surface area contributed by atoms with E-state index in [1.165, 1.54) is 0 Å². The minimum atomic E-state index is -0.723. The Balaban J connectivity index is 2.34. The molecule has 1 aromatic heterocycles. The monoisotopic (exact) mass is 398 g/mol. The van der Waals surface area contributed by atoms with E-state index in [0.29, 0.717) is 21.4 Å². The van der Waals surface area contributed by atoms with Gasteiger partial charge in [-0.05, 0) is 46.3 Å². The summed E-state index contributed by atoms with van der Waals surface area (Å²) in [4.78, 5) is 34.5. The van der Waals surface area contributed by atoms with Crippen LogP contribution < -0.4 is 5.32 Å². The highest BCUT2D eigenvalue weighted by Gasteiger charge is 2.24. The molecule has 0 aliphatic heterocycles. The molecule has 1 aromatic carbocycles. The van der Waals surface area contributed by atoms with Crippen LogP contribution in [0.2, 0.25) is 0 Å². The second kappa shape index (κ2) is 7.34. The van der Waals surface area contributed by atoms with Crippen LogP contribution >= 0.6 is 27.3 Å². The SMILES string of the molecule is CCOC(=O)c1cc([N+](=O)[O-])sc1NC(=O)c1ccccc1Br. The summed E-state index contributed by atoms with van der Waals surface area (Å²) in [5.74, 6) is -1.21. The predicted molar refractivity (Wildman–Crippen MR) is 89.0 cm³/mol. The summed E-state index contributed by atoms with van der Waals surface area (Å²) in [6.45, 7) is 1.75. The molecule has 1 amide bonds. The lowest BCUT2D eigenvalue weighted by molar-refractivity contribution is -0.380. The quantitative estimate of drug-likeness (QED) is 0.468. The molecule has 0 aliphatic carbocycles. The third kappa shape index (κ3) is 3.93. The zero-order valence-corrected chi connectivity index (χ0v) is 14.3. The first-order valence-corrected chi connectivity index (χ1v) is 8.06. The molecule has 0 spiro atoms. The van der Waals surface area contributed by atoms with E-state index in [1.54, 1.807) is 31.2 Å². The summed E-state index contributed by atoms with van der Waals surface area (Å²) >= 11 is 3.96. The van der Waals surface area contributed by atoms with Gasteiger partial charge in [0, 0.05) is 10.5 Å². The number of ether oxygens (including phenoxy) is 1. The van der Waals surface area contributed by atoms with Gasteiger partial charge in [0.05, 0.1) is 17.1 Å². The van der Waals surface area contributed by atoms with Crippen molar-refractivity contribution in [3.05, 3.63) is 56.0 Å². The number of hydrogen-bond acceptors (Lipinski definition) is 6. The lowest BCUT2D eigenvalue weighted by Gasteiger charge is -2.06. The number of halogens is 1. The number of hydrogen-bond donors (Lipinski definition) is 1. The Morgan fingerprint density at radius 2 is 2.04 bits per heavy atom. The highest BCUT2D eigenvalue weighted by atomic mass is 79.9. The molecule has 0 fully saturated rings. The van der Waals surface area contributed by atoms with Crippen molar-refractivity contribution in [2.24, 2.45) is 0 Å². The van der Waals surface area contributed by atoms with E-state index in [4.69, 9.17) is 4.74 Å². The third-order valence-corrected chi connectivity index (χ3v) is 4.43. The van der Waals surface area contributed by atoms with Crippen molar-refractivity contribution in [1.29, 1.82) is 0 Å². The first-order chi connectivity index (χ1) is 10.9. The molecule has 2 aromatic rings. The maximum Gasteiger partial charge on any atom is 0.341 e. The van der Waals surface area contributed by atoms with Gasteiger partial charge in [-0.1, -0.05) is 12.1 Å². The molecule has 7 nitrogen and oxygen atoms in total. The van der Waals surface area contributed by atoms with Crippen LogP contribution in [0, 0.1) is 10.1 Å². The van der Waals surface area contributed by atoms with Gasteiger partial charge in [0.15, 0.2) is 0 Å². The summed E-state index contributed by atoms with van der Waals surface area (Å²) in [7, 11) is 0. The Morgan fingerprint density at radius 3 is 2.65 bits per heavy atom. The molecule has 1 heterocycles. The van der Waals surface area contributed by atoms with Gasteiger partial charge in [0.25, 0.3) is 5.91 Å². The molecule has 0 radical (unpaired) electrons. The Labute approximate surface area is 143 Å². The van der Waals surface area contributed by atoms with Crippen molar-refractivity contribution in [3.8, 4) is 0 Å². The smallest absolute Gasteiger partial charge is 0.341 e. The molecule has 0 saturated carbocycles. The second-order valence-corrected chi connectivity index (χ2v) is 6.12. The van der Waals surface area contributed by atoms with Crippen LogP contribution in [0.3, 0.4) is 0 Å². The molecule has 120 valence electrons. The minimum Gasteiger partial charge on any atom is -0.462 e. The molecule has 23 heavy (non-hydrogen) atoms. The number of amides is 1. The van der Waals surface area contributed by atoms with Gasteiger partial charge in [0.2, 0.25) is 0 Å². The summed E-state index contributed by atoms with van der Waals surface area (Å²) < 4.78 is 5.43. The number of thiophene rings is 1. The molecule has 0 bridgehead atoms. The molecule has 0 unspecified atom stereocenters. The van der Waals surface area contributed by atoms with Crippen molar-refractivity contribution in [2.75, 3.05) is 11.9 Å². The largest absolute Gasteiger partial charge is 0.462 e. The Kier molecular flexibility index (Phi) is 5.45. The zero-order valence-electron chi connectivity index (χ0n) is 11.9. The molecule has 0 aliphatic rings. The second-order valence-electron chi connectivity index (χ2n) is 4.24. The van der Waals surface area contributed by atoms with Crippen LogP contribution in [0.1, 0.15) is 27.6 Å². The number of carbonyl (C=O) groups excluding carboxylic acids is 2. The van der Waals surface area contributed by atoms with Crippen molar-refractivity contribution in [3.63, 3.8) is 0 Å². The standard InChI is InChI=1S/C14H11BrN2O5S/c1-2-22-14(19)9-7-11(17(20)21)23-13(9)16-12(18)8-5-3-4-6-10(8)15/h3-7H,2H2,1H3,(H,16,18). The third-order valence-electron chi connectivity index (χ3n) is 2.74. The van der Waals surface area contributed by atoms with E-state index < -0.39 is 16.8 Å². The highest BCUT2D eigenvalue weighted by Crippen LogP contribution is 2.34. The number of nitrogens with zero attached hydrogens (tertiary/aromatic N) is 1. The lowest BCUT2D eigenvalue weighted by Crippen LogP contribution is -2.14. The molecule has 9 heteroatoms. The number of nitro groups is 1. The van der Waals surface area contributed by atoms with Gasteiger partial charge in [-0.25, -0.2) is 4.79 Å². The first-order valence-electron chi connectivity index (χ1n) is 6.45. The number of anilines is 1. The maximum atomic E-state index is 12.3. The number of esters is 1. The average molecular weight is 399 g/mol. The fourth-order valence-electron chi connectivity index (χ4n) is 1.74. The molecular formula is C14H11BrN2O5S. The van der Waals surface area contributed by atoms with E-state index in [9.17, 15) is 19.7 Å². The number of rotatable bonds is 5. The molecule has 0 saturated heterocycles. The van der Waals surface area contributed by atoms with Crippen LogP contribution in [0.15, 0.2) is 34.8 Å². The molecule has 2 rings (SSSR count). The van der Waals surface area contributed by atoms with Crippen LogP contribution in [0.5, 0.6) is 0 Å². The zero-order chi connectivity index (χ0) is 17.0. The van der Waals surface area contributed by atoms with Crippen LogP contribution in [0.25, 0.3) is 0 Å². The Morgan fingerprint density at radius 1 is 1.35 bits per heavy atom. The fraction of sp³-hybridized carbons (Fsp3) is 0.143. The van der Waals surface area contributed by atoms with Gasteiger partial charge >= 0.3 is 11.0 Å². The van der Waals surface area contributed by atoms with Crippen molar-refractivity contribution >= 4 is 49.1 Å². The Hall–Kier alpha value is -2.26. The number of carbonyl (C=O) groups is 2. The van der Waals surface area contributed by atoms with Crippen molar-refractivity contribution in [2.45, 2.75) is 6.92 Å². The van der Waals surface area contributed by atoms with Crippen LogP contribution in [-0.2, 0) is 4.74 Å². The number of benzene rings is 1. The average Bonchev–Trinajstić information content (AvgIpc) is 2.92. The van der Waals surface area contributed by atoms with Gasteiger partial charge in [0.1, 0.15) is 10.6 Å². The Bertz CT molecular complexity index is 774. The summed E-state index contributed by atoms with van der Waals surface area (Å²) in [6, 6.07) is 7.81. The van der Waals surface area contributed by atoms with Gasteiger partial charge in [-0.15, -0.1) is 0 Å². The fourth-order valence-corrected chi connectivity index (χ4v) is 3.06. The van der Waals surface area contributed by atoms with Crippen LogP contribution in [0.4, 0.5) is 10.0 Å². The normalized spacial score (nSPS) is 10.2. The van der Waals surface area contributed by atoms with Gasteiger partial charge in [-0.2, -0.15) is 0 Å². The lowest BCUT2D eigenvalue weighted by atomic mass is 10.2. The molecule has 0 atom stereocenters. The van der Waals surface area contributed by atoms with E-state index in [2.05, 4.69) is 21.2 Å². The number of nitrogens with one attached hydrogen (secondary N) is 1. The van der Waals surface area contributed by atoms with Crippen LogP contribution in [-0.4, -0.2) is 23.4 Å². The van der Waals surface area contributed by atoms with Crippen molar-refractivity contribution in [1.82, 2.24) is 0 Å². The predicted octanol–water partition coefficient (Wildman–Crippen LogP) is 3.85. The molecule has 1 N–H and O–H groups in total. The molecular weight excluding hydrogens is 388 g/mol. The van der Waals surface area contributed by atoms with Gasteiger partial charge < -0.3 is 10.1 Å².